The van der Waals surface area contributed by atoms with Crippen LogP contribution in [0.1, 0.15) is 33.2 Å². The number of rotatable bonds is 12. The lowest BCUT2D eigenvalue weighted by Gasteiger charge is -2.19. The normalized spacial score (nSPS) is 14.1. The van der Waals surface area contributed by atoms with Crippen molar-refractivity contribution in [1.82, 2.24) is 10.6 Å². The third kappa shape index (κ3) is 7.18. The van der Waals surface area contributed by atoms with E-state index in [2.05, 4.69) is 10.6 Å². The monoisotopic (exact) mass is 520 g/mol. The number of thiophene rings is 1. The largest absolute Gasteiger partial charge is 0.484 e. The molecule has 184 valence electrons. The molecule has 1 aliphatic rings. The first-order valence-electron chi connectivity index (χ1n) is 10.2. The van der Waals surface area contributed by atoms with Crippen molar-refractivity contribution in [2.75, 3.05) is 50.4 Å². The highest BCUT2D eigenvalue weighted by molar-refractivity contribution is 7.98. The summed E-state index contributed by atoms with van der Waals surface area (Å²) in [5.41, 5.74) is 0. The Bertz CT molecular complexity index is 794. The Hall–Kier alpha value is -2.12. The summed E-state index contributed by atoms with van der Waals surface area (Å²) in [4.78, 5) is 50.6. The highest BCUT2D eigenvalue weighted by Crippen LogP contribution is 2.44. The van der Waals surface area contributed by atoms with Crippen molar-refractivity contribution in [3.05, 3.63) is 9.75 Å². The smallest absolute Gasteiger partial charge is 0.329 e. The van der Waals surface area contributed by atoms with Crippen molar-refractivity contribution in [3.63, 3.8) is 0 Å². The van der Waals surface area contributed by atoms with E-state index < -0.39 is 35.8 Å². The zero-order valence-corrected chi connectivity index (χ0v) is 21.3. The van der Waals surface area contributed by atoms with E-state index in [1.54, 1.807) is 26.4 Å². The van der Waals surface area contributed by atoms with Gasteiger partial charge in [0.25, 0.3) is 11.8 Å². The molecule has 33 heavy (non-hydrogen) atoms. The van der Waals surface area contributed by atoms with Gasteiger partial charge in [-0.25, -0.2) is 9.59 Å². The lowest BCUT2D eigenvalue weighted by atomic mass is 10.2. The molecule has 0 fully saturated rings. The number of carbonyl (C=O) groups is 4. The molecule has 13 heteroatoms. The number of thioether (sulfide) groups is 2. The summed E-state index contributed by atoms with van der Waals surface area (Å²) < 4.78 is 21.3. The molecule has 2 unspecified atom stereocenters. The lowest BCUT2D eigenvalue weighted by molar-refractivity contribution is -0.145. The van der Waals surface area contributed by atoms with Crippen LogP contribution < -0.4 is 20.1 Å². The number of carbonyl (C=O) groups excluding carboxylic acids is 4. The standard InChI is InChI=1S/C20H28N2O8S3/c1-5-27-19(25)11(9-31-3)21-17(23)15-13-14(30-8-7-29-13)16(33-15)18(24)22-12(10-32-4)20(26)28-6-2/h11-12H,5-10H2,1-4H3,(H,21,23)(H,22,24). The average molecular weight is 521 g/mol. The van der Waals surface area contributed by atoms with Gasteiger partial charge < -0.3 is 29.6 Å². The first-order valence-corrected chi connectivity index (χ1v) is 13.8. The topological polar surface area (TPSA) is 129 Å². The molecule has 1 aliphatic heterocycles. The molecule has 2 heterocycles. The Balaban J connectivity index is 2.29. The maximum atomic E-state index is 13.0. The average Bonchev–Trinajstić information content (AvgIpc) is 3.19. The van der Waals surface area contributed by atoms with Crippen molar-refractivity contribution in [2.45, 2.75) is 25.9 Å². The van der Waals surface area contributed by atoms with Gasteiger partial charge in [0, 0.05) is 11.5 Å². The van der Waals surface area contributed by atoms with Crippen molar-refractivity contribution < 1.29 is 38.1 Å². The van der Waals surface area contributed by atoms with Crippen LogP contribution >= 0.6 is 34.9 Å². The minimum atomic E-state index is -0.859. The van der Waals surface area contributed by atoms with Gasteiger partial charge in [0.15, 0.2) is 11.5 Å². The Labute approximate surface area is 204 Å². The van der Waals surface area contributed by atoms with Crippen LogP contribution in [0.4, 0.5) is 0 Å². The van der Waals surface area contributed by atoms with Crippen LogP contribution in [0.2, 0.25) is 0 Å². The van der Waals surface area contributed by atoms with Gasteiger partial charge >= 0.3 is 11.9 Å². The van der Waals surface area contributed by atoms with Crippen LogP contribution in [0, 0.1) is 0 Å². The van der Waals surface area contributed by atoms with Crippen molar-refractivity contribution in [3.8, 4) is 11.5 Å². The number of amides is 2. The predicted octanol–water partition coefficient (Wildman–Crippen LogP) is 1.57. The number of ether oxygens (including phenoxy) is 4. The van der Waals surface area contributed by atoms with Gasteiger partial charge in [-0.2, -0.15) is 23.5 Å². The maximum absolute atomic E-state index is 13.0. The molecule has 2 rings (SSSR count). The number of hydrogen-bond acceptors (Lipinski definition) is 11. The van der Waals surface area contributed by atoms with E-state index in [0.29, 0.717) is 11.5 Å². The molecule has 0 saturated heterocycles. The van der Waals surface area contributed by atoms with Crippen LogP contribution in [0.25, 0.3) is 0 Å². The van der Waals surface area contributed by atoms with Crippen LogP contribution in [0.5, 0.6) is 11.5 Å². The molecule has 2 amide bonds. The zero-order chi connectivity index (χ0) is 24.4. The summed E-state index contributed by atoms with van der Waals surface area (Å²) in [6.07, 6.45) is 3.61. The Morgan fingerprint density at radius 3 is 1.58 bits per heavy atom. The van der Waals surface area contributed by atoms with Gasteiger partial charge in [-0.05, 0) is 26.4 Å². The summed E-state index contributed by atoms with van der Waals surface area (Å²) in [5, 5.41) is 5.30. The molecule has 2 atom stereocenters. The van der Waals surface area contributed by atoms with Crippen molar-refractivity contribution in [1.29, 1.82) is 0 Å². The van der Waals surface area contributed by atoms with Gasteiger partial charge in [0.05, 0.1) is 13.2 Å². The molecule has 1 aromatic heterocycles. The summed E-state index contributed by atoms with van der Waals surface area (Å²) >= 11 is 3.63. The predicted molar refractivity (Wildman–Crippen MR) is 128 cm³/mol. The molecule has 0 radical (unpaired) electrons. The fourth-order valence-corrected chi connectivity index (χ4v) is 4.95. The van der Waals surface area contributed by atoms with Gasteiger partial charge in [0.1, 0.15) is 35.1 Å². The van der Waals surface area contributed by atoms with E-state index in [0.717, 1.165) is 11.3 Å². The molecule has 2 N–H and O–H groups in total. The van der Waals surface area contributed by atoms with Crippen LogP contribution in [0.15, 0.2) is 0 Å². The van der Waals surface area contributed by atoms with Crippen molar-refractivity contribution in [2.24, 2.45) is 0 Å². The molecular weight excluding hydrogens is 492 g/mol. The third-order valence-electron chi connectivity index (χ3n) is 4.23. The highest BCUT2D eigenvalue weighted by Gasteiger charge is 2.34. The minimum absolute atomic E-state index is 0.0998. The quantitative estimate of drug-likeness (QED) is 0.392. The molecule has 0 saturated carbocycles. The SMILES string of the molecule is CCOC(=O)C(CSC)NC(=O)c1sc(C(=O)NC(CSC)C(=O)OCC)c2c1OCCO2. The second kappa shape index (κ2) is 13.6. The Kier molecular flexibility index (Phi) is 11.1. The summed E-state index contributed by atoms with van der Waals surface area (Å²) in [7, 11) is 0. The summed E-state index contributed by atoms with van der Waals surface area (Å²) in [6, 6.07) is -1.72. The van der Waals surface area contributed by atoms with Crippen LogP contribution in [-0.4, -0.2) is 86.3 Å². The Morgan fingerprint density at radius 1 is 0.848 bits per heavy atom. The third-order valence-corrected chi connectivity index (χ3v) is 6.71. The second-order valence-corrected chi connectivity index (χ2v) is 9.42. The molecule has 1 aromatic rings. The number of esters is 2. The maximum Gasteiger partial charge on any atom is 0.329 e. The fraction of sp³-hybridized carbons (Fsp3) is 0.600. The van der Waals surface area contributed by atoms with Crippen LogP contribution in [0.3, 0.4) is 0 Å². The lowest BCUT2D eigenvalue weighted by Crippen LogP contribution is -2.43. The Morgan fingerprint density at radius 2 is 1.24 bits per heavy atom. The van der Waals surface area contributed by atoms with E-state index in [-0.39, 0.29) is 47.7 Å². The van der Waals surface area contributed by atoms with E-state index in [1.807, 2.05) is 0 Å². The fourth-order valence-electron chi connectivity index (χ4n) is 2.85. The first kappa shape index (κ1) is 27.1. The second-order valence-electron chi connectivity index (χ2n) is 6.58. The van der Waals surface area contributed by atoms with Gasteiger partial charge in [0.2, 0.25) is 0 Å². The highest BCUT2D eigenvalue weighted by atomic mass is 32.2. The molecule has 0 bridgehead atoms. The van der Waals surface area contributed by atoms with E-state index in [1.165, 1.54) is 23.5 Å². The van der Waals surface area contributed by atoms with Gasteiger partial charge in [-0.1, -0.05) is 0 Å². The zero-order valence-electron chi connectivity index (χ0n) is 18.9. The number of fused-ring (bicyclic) bond motifs is 1. The summed E-state index contributed by atoms with van der Waals surface area (Å²) in [6.45, 7) is 4.15. The first-order chi connectivity index (χ1) is 15.9. The molecule has 0 aliphatic carbocycles. The van der Waals surface area contributed by atoms with Crippen molar-refractivity contribution >= 4 is 58.6 Å². The molecule has 0 spiro atoms. The molecule has 0 aromatic carbocycles. The summed E-state index contributed by atoms with van der Waals surface area (Å²) in [5.74, 6) is -1.35. The van der Waals surface area contributed by atoms with Gasteiger partial charge in [-0.15, -0.1) is 11.3 Å². The number of nitrogens with one attached hydrogen (secondary N) is 2. The van der Waals surface area contributed by atoms with Crippen LogP contribution in [-0.2, 0) is 19.1 Å². The van der Waals surface area contributed by atoms with E-state index in [4.69, 9.17) is 18.9 Å². The molecular formula is C20H28N2O8S3. The minimum Gasteiger partial charge on any atom is -0.484 e. The van der Waals surface area contributed by atoms with E-state index >= 15 is 0 Å². The molecule has 10 nitrogen and oxygen atoms in total. The van der Waals surface area contributed by atoms with Gasteiger partial charge in [-0.3, -0.25) is 9.59 Å². The van der Waals surface area contributed by atoms with E-state index in [9.17, 15) is 19.2 Å². The number of hydrogen-bond donors (Lipinski definition) is 2.